The third-order valence-electron chi connectivity index (χ3n) is 2.96. The van der Waals surface area contributed by atoms with E-state index >= 15 is 0 Å². The Morgan fingerprint density at radius 2 is 2.11 bits per heavy atom. The zero-order valence-electron chi connectivity index (χ0n) is 10.3. The Labute approximate surface area is 109 Å². The van der Waals surface area contributed by atoms with E-state index in [9.17, 15) is 14.9 Å². The molecule has 1 aliphatic heterocycles. The van der Waals surface area contributed by atoms with Gasteiger partial charge in [0.05, 0.1) is 4.92 Å². The molecule has 2 rings (SSSR count). The summed E-state index contributed by atoms with van der Waals surface area (Å²) in [4.78, 5) is 25.9. The predicted molar refractivity (Wildman–Crippen MR) is 68.2 cm³/mol. The average molecular weight is 265 g/mol. The van der Waals surface area contributed by atoms with Crippen LogP contribution in [-0.4, -0.2) is 33.9 Å². The van der Waals surface area contributed by atoms with Gasteiger partial charge in [-0.3, -0.25) is 20.3 Å². The minimum Gasteiger partial charge on any atom is -0.384 e. The van der Waals surface area contributed by atoms with Gasteiger partial charge < -0.3 is 5.73 Å². The number of piperidine rings is 1. The number of hydrazine groups is 1. The molecule has 8 heteroatoms. The fraction of sp³-hybridized carbons (Fsp3) is 0.455. The van der Waals surface area contributed by atoms with Crippen LogP contribution in [0.1, 0.15) is 29.6 Å². The molecule has 1 aliphatic rings. The molecule has 0 atom stereocenters. The first-order valence-electron chi connectivity index (χ1n) is 6.04. The topological polar surface area (TPSA) is 114 Å². The summed E-state index contributed by atoms with van der Waals surface area (Å²) < 4.78 is 0. The molecule has 8 nitrogen and oxygen atoms in total. The summed E-state index contributed by atoms with van der Waals surface area (Å²) in [7, 11) is 0. The Hall–Kier alpha value is -2.22. The maximum atomic E-state index is 12.0. The van der Waals surface area contributed by atoms with Gasteiger partial charge in [0.15, 0.2) is 0 Å². The molecule has 1 amide bonds. The Balaban J connectivity index is 2.17. The van der Waals surface area contributed by atoms with E-state index in [0.717, 1.165) is 38.5 Å². The number of nitrogen functional groups attached to an aromatic ring is 1. The number of anilines is 1. The number of hydrogen-bond acceptors (Lipinski definition) is 6. The molecule has 102 valence electrons. The lowest BCUT2D eigenvalue weighted by Gasteiger charge is -2.26. The first-order chi connectivity index (χ1) is 9.08. The van der Waals surface area contributed by atoms with Crippen molar-refractivity contribution in [3.63, 3.8) is 0 Å². The highest BCUT2D eigenvalue weighted by molar-refractivity contribution is 5.98. The van der Waals surface area contributed by atoms with E-state index in [1.54, 1.807) is 5.01 Å². The summed E-state index contributed by atoms with van der Waals surface area (Å²) in [6.45, 7) is 1.50. The van der Waals surface area contributed by atoms with Gasteiger partial charge in [-0.05, 0) is 12.8 Å². The number of pyridine rings is 1. The van der Waals surface area contributed by atoms with Crippen LogP contribution in [0, 0.1) is 10.1 Å². The first-order valence-corrected chi connectivity index (χ1v) is 6.04. The molecule has 1 aromatic heterocycles. The molecular formula is C11H15N5O3. The van der Waals surface area contributed by atoms with Gasteiger partial charge in [0.25, 0.3) is 11.6 Å². The van der Waals surface area contributed by atoms with Crippen LogP contribution in [0.5, 0.6) is 0 Å². The van der Waals surface area contributed by atoms with E-state index < -0.39 is 10.8 Å². The van der Waals surface area contributed by atoms with Crippen molar-refractivity contribution < 1.29 is 9.72 Å². The zero-order valence-corrected chi connectivity index (χ0v) is 10.3. The van der Waals surface area contributed by atoms with Gasteiger partial charge in [0.2, 0.25) is 0 Å². The average Bonchev–Trinajstić information content (AvgIpc) is 2.39. The molecule has 19 heavy (non-hydrogen) atoms. The summed E-state index contributed by atoms with van der Waals surface area (Å²) in [5, 5.41) is 12.6. The van der Waals surface area contributed by atoms with E-state index in [4.69, 9.17) is 5.73 Å². The molecule has 0 unspecified atom stereocenters. The second-order valence-corrected chi connectivity index (χ2v) is 4.37. The Morgan fingerprint density at radius 3 is 2.74 bits per heavy atom. The number of hydrogen-bond donors (Lipinski definition) is 2. The second kappa shape index (κ2) is 5.61. The highest BCUT2D eigenvalue weighted by Crippen LogP contribution is 2.19. The van der Waals surface area contributed by atoms with E-state index in [1.807, 2.05) is 0 Å². The van der Waals surface area contributed by atoms with Gasteiger partial charge in [-0.15, -0.1) is 0 Å². The van der Waals surface area contributed by atoms with Crippen molar-refractivity contribution in [2.45, 2.75) is 19.3 Å². The lowest BCUT2D eigenvalue weighted by Crippen LogP contribution is -2.45. The number of aromatic nitrogens is 1. The fourth-order valence-electron chi connectivity index (χ4n) is 2.00. The number of nitro groups is 1. The van der Waals surface area contributed by atoms with Crippen molar-refractivity contribution in [2.75, 3.05) is 18.8 Å². The molecule has 3 N–H and O–H groups in total. The third kappa shape index (κ3) is 3.16. The highest BCUT2D eigenvalue weighted by Gasteiger charge is 2.23. The predicted octanol–water partition coefficient (Wildman–Crippen LogP) is 0.703. The molecule has 0 bridgehead atoms. The van der Waals surface area contributed by atoms with Crippen molar-refractivity contribution in [3.8, 4) is 0 Å². The fourth-order valence-corrected chi connectivity index (χ4v) is 2.00. The van der Waals surface area contributed by atoms with E-state index in [-0.39, 0.29) is 17.1 Å². The lowest BCUT2D eigenvalue weighted by atomic mass is 10.1. The van der Waals surface area contributed by atoms with Gasteiger partial charge in [-0.2, -0.15) is 0 Å². The number of nitrogens with two attached hydrogens (primary N) is 1. The van der Waals surface area contributed by atoms with E-state index in [2.05, 4.69) is 10.4 Å². The standard InChI is InChI=1S/C11H15N5O3/c12-10-6-8(9(7-13-10)16(18)19)11(17)14-15-4-2-1-3-5-15/h6-7H,1-5H2,(H2,12,13)(H,14,17). The summed E-state index contributed by atoms with van der Waals surface area (Å²) in [5.74, 6) is -0.447. The number of nitrogens with zero attached hydrogens (tertiary/aromatic N) is 3. The summed E-state index contributed by atoms with van der Waals surface area (Å²) >= 11 is 0. The number of carbonyl (C=O) groups is 1. The minimum atomic E-state index is -0.641. The highest BCUT2D eigenvalue weighted by atomic mass is 16.6. The summed E-state index contributed by atoms with van der Waals surface area (Å²) in [6.07, 6.45) is 4.14. The van der Waals surface area contributed by atoms with Crippen LogP contribution in [0.15, 0.2) is 12.3 Å². The van der Waals surface area contributed by atoms with Gasteiger partial charge >= 0.3 is 0 Å². The molecule has 1 fully saturated rings. The van der Waals surface area contributed by atoms with E-state index in [1.165, 1.54) is 6.07 Å². The largest absolute Gasteiger partial charge is 0.384 e. The number of nitrogens with one attached hydrogen (secondary N) is 1. The van der Waals surface area contributed by atoms with Gasteiger partial charge in [0.1, 0.15) is 17.6 Å². The van der Waals surface area contributed by atoms with Crippen LogP contribution < -0.4 is 11.2 Å². The van der Waals surface area contributed by atoms with Gasteiger partial charge in [-0.1, -0.05) is 6.42 Å². The maximum Gasteiger partial charge on any atom is 0.300 e. The molecule has 0 aromatic carbocycles. The van der Waals surface area contributed by atoms with Crippen LogP contribution in [-0.2, 0) is 0 Å². The monoisotopic (exact) mass is 265 g/mol. The number of amides is 1. The number of rotatable bonds is 3. The van der Waals surface area contributed by atoms with Crippen LogP contribution in [0.25, 0.3) is 0 Å². The summed E-state index contributed by atoms with van der Waals surface area (Å²) in [5.41, 5.74) is 7.73. The molecule has 1 saturated heterocycles. The minimum absolute atomic E-state index is 0.0666. The Morgan fingerprint density at radius 1 is 1.42 bits per heavy atom. The molecule has 0 spiro atoms. The molecule has 0 saturated carbocycles. The summed E-state index contributed by atoms with van der Waals surface area (Å²) in [6, 6.07) is 1.22. The van der Waals surface area contributed by atoms with Crippen molar-refractivity contribution >= 4 is 17.4 Å². The molecule has 1 aromatic rings. The molecule has 0 radical (unpaired) electrons. The lowest BCUT2D eigenvalue weighted by molar-refractivity contribution is -0.385. The second-order valence-electron chi connectivity index (χ2n) is 4.37. The number of carbonyl (C=O) groups excluding carboxylic acids is 1. The maximum absolute atomic E-state index is 12.0. The first kappa shape index (κ1) is 13.2. The smallest absolute Gasteiger partial charge is 0.300 e. The van der Waals surface area contributed by atoms with Crippen LogP contribution >= 0.6 is 0 Å². The molecule has 2 heterocycles. The van der Waals surface area contributed by atoms with Crippen molar-refractivity contribution in [2.24, 2.45) is 0 Å². The normalized spacial score (nSPS) is 16.0. The van der Waals surface area contributed by atoms with Crippen molar-refractivity contribution in [1.82, 2.24) is 15.4 Å². The third-order valence-corrected chi connectivity index (χ3v) is 2.96. The molecular weight excluding hydrogens is 250 g/mol. The quantitative estimate of drug-likeness (QED) is 0.614. The van der Waals surface area contributed by atoms with Gasteiger partial charge in [0, 0.05) is 19.2 Å². The molecule has 0 aliphatic carbocycles. The van der Waals surface area contributed by atoms with Crippen molar-refractivity contribution in [3.05, 3.63) is 27.9 Å². The Kier molecular flexibility index (Phi) is 3.91. The SMILES string of the molecule is Nc1cc(C(=O)NN2CCCCC2)c([N+](=O)[O-])cn1. The van der Waals surface area contributed by atoms with Crippen LogP contribution in [0.3, 0.4) is 0 Å². The van der Waals surface area contributed by atoms with Gasteiger partial charge in [-0.25, -0.2) is 9.99 Å². The zero-order chi connectivity index (χ0) is 13.8. The Bertz CT molecular complexity index is 499. The van der Waals surface area contributed by atoms with Crippen LogP contribution in [0.4, 0.5) is 11.5 Å². The van der Waals surface area contributed by atoms with Crippen molar-refractivity contribution in [1.29, 1.82) is 0 Å². The van der Waals surface area contributed by atoms with E-state index in [0.29, 0.717) is 0 Å². The van der Waals surface area contributed by atoms with Crippen LogP contribution in [0.2, 0.25) is 0 Å².